The average Bonchev–Trinajstić information content (AvgIpc) is 3.45. The van der Waals surface area contributed by atoms with Crippen LogP contribution in [0.4, 0.5) is 0 Å². The molecule has 1 heterocycles. The standard InChI is InChI=1S/C13H10N2O.C13H15N.C13H12/c14-13(15)9-5-3-7-11-12(9)8-4-1-2-6-10(8)16-11;14-10-11-6-8-13(9-7-11)12-4-2-1-3-5-12;1-11-7-9-13(10-8-11)12-5-3-2-4-6-12/h1-7H,(H3,14,15);2,4-9H,1,3,10,14H2;2-10H,1H3. The molecule has 6 aromatic rings. The van der Waals surface area contributed by atoms with Gasteiger partial charge in [-0.05, 0) is 59.7 Å². The lowest BCUT2D eigenvalue weighted by Crippen LogP contribution is -2.10. The van der Waals surface area contributed by atoms with E-state index in [1.54, 1.807) is 0 Å². The number of nitrogens with two attached hydrogens (primary N) is 2. The molecule has 0 radical (unpaired) electrons. The number of amidine groups is 1. The van der Waals surface area contributed by atoms with Crippen molar-refractivity contribution in [3.63, 3.8) is 0 Å². The van der Waals surface area contributed by atoms with Gasteiger partial charge in [0.2, 0.25) is 0 Å². The van der Waals surface area contributed by atoms with Gasteiger partial charge in [-0.15, -0.1) is 0 Å². The van der Waals surface area contributed by atoms with Gasteiger partial charge in [0, 0.05) is 22.9 Å². The number of fused-ring (bicyclic) bond motifs is 3. The Morgan fingerprint density at radius 1 is 0.698 bits per heavy atom. The molecule has 0 amide bonds. The second-order valence-corrected chi connectivity index (χ2v) is 10.5. The number of furan rings is 1. The predicted molar refractivity (Wildman–Crippen MR) is 182 cm³/mol. The minimum Gasteiger partial charge on any atom is -0.456 e. The highest BCUT2D eigenvalue weighted by Crippen LogP contribution is 2.30. The Morgan fingerprint density at radius 2 is 1.35 bits per heavy atom. The summed E-state index contributed by atoms with van der Waals surface area (Å²) < 4.78 is 5.69. The number of para-hydroxylation sites is 1. The zero-order chi connectivity index (χ0) is 30.0. The van der Waals surface area contributed by atoms with Crippen molar-refractivity contribution in [1.29, 1.82) is 5.41 Å². The molecule has 1 aliphatic rings. The summed E-state index contributed by atoms with van der Waals surface area (Å²) in [7, 11) is 0. The molecule has 0 atom stereocenters. The van der Waals surface area contributed by atoms with E-state index in [2.05, 4.69) is 97.9 Å². The van der Waals surface area contributed by atoms with Crippen LogP contribution in [0.1, 0.15) is 35.1 Å². The van der Waals surface area contributed by atoms with Crippen LogP contribution in [0.5, 0.6) is 0 Å². The van der Waals surface area contributed by atoms with Crippen LogP contribution in [0, 0.1) is 12.3 Å². The van der Waals surface area contributed by atoms with Crippen molar-refractivity contribution in [2.24, 2.45) is 11.5 Å². The average molecular weight is 564 g/mol. The van der Waals surface area contributed by atoms with E-state index < -0.39 is 0 Å². The largest absolute Gasteiger partial charge is 0.456 e. The zero-order valence-electron chi connectivity index (χ0n) is 24.5. The normalized spacial score (nSPS) is 12.1. The first kappa shape index (κ1) is 29.3. The molecule has 0 bridgehead atoms. The van der Waals surface area contributed by atoms with E-state index >= 15 is 0 Å². The highest BCUT2D eigenvalue weighted by molar-refractivity contribution is 6.16. The maximum atomic E-state index is 7.57. The third-order valence-electron chi connectivity index (χ3n) is 7.37. The van der Waals surface area contributed by atoms with Crippen molar-refractivity contribution < 1.29 is 4.42 Å². The lowest BCUT2D eigenvalue weighted by atomic mass is 9.99. The fraction of sp³-hybridized carbons (Fsp3) is 0.103. The maximum Gasteiger partial charge on any atom is 0.136 e. The Hall–Kier alpha value is -5.19. The quantitative estimate of drug-likeness (QED) is 0.147. The SMILES string of the molecule is Cc1ccc(-c2ccccc2)cc1.N=C(N)c1cccc2oc3ccccc3c12.NCc1ccc(C2=CCCC=C2)cc1. The molecule has 1 aliphatic carbocycles. The van der Waals surface area contributed by atoms with Crippen LogP contribution in [0.2, 0.25) is 0 Å². The Morgan fingerprint density at radius 3 is 2.02 bits per heavy atom. The number of hydrogen-bond donors (Lipinski definition) is 3. The highest BCUT2D eigenvalue weighted by Gasteiger charge is 2.11. The number of benzene rings is 5. The molecule has 0 spiro atoms. The van der Waals surface area contributed by atoms with E-state index in [1.807, 2.05) is 48.5 Å². The molecular weight excluding hydrogens is 526 g/mol. The van der Waals surface area contributed by atoms with Crippen molar-refractivity contribution in [2.45, 2.75) is 26.3 Å². The van der Waals surface area contributed by atoms with Crippen LogP contribution in [0.25, 0.3) is 38.6 Å². The Balaban J connectivity index is 0.000000129. The summed E-state index contributed by atoms with van der Waals surface area (Å²) in [5, 5.41) is 9.49. The molecule has 4 nitrogen and oxygen atoms in total. The number of rotatable bonds is 4. The summed E-state index contributed by atoms with van der Waals surface area (Å²) in [5.41, 5.74) is 21.1. The summed E-state index contributed by atoms with van der Waals surface area (Å²) in [6.45, 7) is 2.73. The van der Waals surface area contributed by atoms with Gasteiger partial charge in [0.05, 0.1) is 0 Å². The van der Waals surface area contributed by atoms with Gasteiger partial charge in [-0.25, -0.2) is 0 Å². The molecule has 214 valence electrons. The van der Waals surface area contributed by atoms with Gasteiger partial charge in [-0.2, -0.15) is 0 Å². The Kier molecular flexibility index (Phi) is 9.63. The predicted octanol–water partition coefficient (Wildman–Crippen LogP) is 9.41. The van der Waals surface area contributed by atoms with Gasteiger partial charge in [-0.1, -0.05) is 133 Å². The molecule has 0 aliphatic heterocycles. The second-order valence-electron chi connectivity index (χ2n) is 10.5. The molecular formula is C39H37N3O. The first-order valence-corrected chi connectivity index (χ1v) is 14.6. The van der Waals surface area contributed by atoms with Gasteiger partial charge in [-0.3, -0.25) is 5.41 Å². The number of nitrogens with one attached hydrogen (secondary N) is 1. The lowest BCUT2D eigenvalue weighted by Gasteiger charge is -2.07. The monoisotopic (exact) mass is 563 g/mol. The summed E-state index contributed by atoms with van der Waals surface area (Å²) in [5.74, 6) is 0.0668. The minimum absolute atomic E-state index is 0.0668. The van der Waals surface area contributed by atoms with E-state index in [0.29, 0.717) is 6.54 Å². The van der Waals surface area contributed by atoms with Crippen LogP contribution in [-0.4, -0.2) is 5.84 Å². The summed E-state index contributed by atoms with van der Waals surface area (Å²) in [6, 6.07) is 40.9. The van der Waals surface area contributed by atoms with E-state index in [1.165, 1.54) is 39.8 Å². The van der Waals surface area contributed by atoms with Crippen molar-refractivity contribution in [3.8, 4) is 11.1 Å². The fourth-order valence-corrected chi connectivity index (χ4v) is 5.04. The molecule has 5 aromatic carbocycles. The highest BCUT2D eigenvalue weighted by atomic mass is 16.3. The van der Waals surface area contributed by atoms with Crippen molar-refractivity contribution >= 4 is 33.3 Å². The number of aryl methyl sites for hydroxylation is 1. The van der Waals surface area contributed by atoms with Gasteiger partial charge >= 0.3 is 0 Å². The molecule has 1 aromatic heterocycles. The molecule has 0 fully saturated rings. The van der Waals surface area contributed by atoms with Gasteiger partial charge in [0.1, 0.15) is 17.0 Å². The number of nitrogen functional groups attached to an aromatic ring is 1. The van der Waals surface area contributed by atoms with E-state index in [9.17, 15) is 0 Å². The molecule has 0 saturated carbocycles. The van der Waals surface area contributed by atoms with Gasteiger partial charge in [0.15, 0.2) is 0 Å². The summed E-state index contributed by atoms with van der Waals surface area (Å²) in [4.78, 5) is 0. The van der Waals surface area contributed by atoms with E-state index in [4.69, 9.17) is 21.3 Å². The van der Waals surface area contributed by atoms with Gasteiger partial charge < -0.3 is 15.9 Å². The summed E-state index contributed by atoms with van der Waals surface area (Å²) >= 11 is 0. The first-order chi connectivity index (χ1) is 21.0. The molecule has 4 heteroatoms. The van der Waals surface area contributed by atoms with Crippen molar-refractivity contribution in [2.75, 3.05) is 0 Å². The maximum absolute atomic E-state index is 7.57. The third-order valence-corrected chi connectivity index (χ3v) is 7.37. The second kappa shape index (κ2) is 14.1. The van der Waals surface area contributed by atoms with Crippen LogP contribution >= 0.6 is 0 Å². The number of allylic oxidation sites excluding steroid dienone is 4. The zero-order valence-corrected chi connectivity index (χ0v) is 24.5. The summed E-state index contributed by atoms with van der Waals surface area (Å²) in [6.07, 6.45) is 9.04. The minimum atomic E-state index is 0.0668. The molecule has 43 heavy (non-hydrogen) atoms. The fourth-order valence-electron chi connectivity index (χ4n) is 5.04. The lowest BCUT2D eigenvalue weighted by molar-refractivity contribution is 0.669. The molecule has 5 N–H and O–H groups in total. The van der Waals surface area contributed by atoms with Crippen LogP contribution in [-0.2, 0) is 6.54 Å². The smallest absolute Gasteiger partial charge is 0.136 e. The first-order valence-electron chi connectivity index (χ1n) is 14.6. The van der Waals surface area contributed by atoms with Crippen LogP contribution < -0.4 is 11.5 Å². The molecule has 0 unspecified atom stereocenters. The van der Waals surface area contributed by atoms with Crippen LogP contribution in [0.3, 0.4) is 0 Å². The topological polar surface area (TPSA) is 89.0 Å². The molecule has 7 rings (SSSR count). The van der Waals surface area contributed by atoms with E-state index in [-0.39, 0.29) is 5.84 Å². The Bertz CT molecular complexity index is 1860. The third kappa shape index (κ3) is 7.37. The Labute approximate surface area is 253 Å². The van der Waals surface area contributed by atoms with Gasteiger partial charge in [0.25, 0.3) is 0 Å². The van der Waals surface area contributed by atoms with E-state index in [0.717, 1.165) is 33.9 Å². The van der Waals surface area contributed by atoms with Crippen molar-refractivity contribution in [1.82, 2.24) is 0 Å². The molecule has 0 saturated heterocycles. The van der Waals surface area contributed by atoms with Crippen LogP contribution in [0.15, 0.2) is 144 Å². The number of hydrogen-bond acceptors (Lipinski definition) is 3. The van der Waals surface area contributed by atoms with Crippen molar-refractivity contribution in [3.05, 3.63) is 162 Å².